The first kappa shape index (κ1) is 24.6. The van der Waals surface area contributed by atoms with E-state index >= 15 is 0 Å². The molecule has 2 heterocycles. The van der Waals surface area contributed by atoms with Crippen LogP contribution in [-0.2, 0) is 25.4 Å². The molecule has 2 unspecified atom stereocenters. The predicted octanol–water partition coefficient (Wildman–Crippen LogP) is 1.48. The number of benzene rings is 1. The molecule has 4 rings (SSSR count). The van der Waals surface area contributed by atoms with Crippen LogP contribution in [0.3, 0.4) is 0 Å². The minimum atomic E-state index is -3.50. The lowest BCUT2D eigenvalue weighted by atomic mass is 9.80. The molecule has 1 saturated carbocycles. The molecule has 1 aromatic rings. The van der Waals surface area contributed by atoms with Crippen molar-refractivity contribution >= 4 is 22.4 Å². The third kappa shape index (κ3) is 5.29. The largest absolute Gasteiger partial charge is 0.483 e. The molecule has 3 fully saturated rings. The van der Waals surface area contributed by atoms with Crippen LogP contribution in [0.15, 0.2) is 24.3 Å². The molecule has 10 heteroatoms. The van der Waals surface area contributed by atoms with Crippen LogP contribution in [-0.4, -0.2) is 86.8 Å². The van der Waals surface area contributed by atoms with E-state index in [9.17, 15) is 17.6 Å². The number of fused-ring (bicyclic) bond motifs is 1. The molecule has 178 valence electrons. The van der Waals surface area contributed by atoms with Crippen molar-refractivity contribution < 1.29 is 27.5 Å². The van der Waals surface area contributed by atoms with Crippen LogP contribution >= 0.6 is 0 Å². The van der Waals surface area contributed by atoms with Gasteiger partial charge in [-0.05, 0) is 44.6 Å². The number of likely N-dealkylation sites (tertiary alicyclic amines) is 1. The van der Waals surface area contributed by atoms with E-state index in [4.69, 9.17) is 9.90 Å². The fourth-order valence-electron chi connectivity index (χ4n) is 5.16. The van der Waals surface area contributed by atoms with Crippen molar-refractivity contribution in [2.75, 3.05) is 46.8 Å². The second-order valence-corrected chi connectivity index (χ2v) is 11.4. The molecular formula is C22H32FN3O5S. The van der Waals surface area contributed by atoms with E-state index in [1.165, 1.54) is 24.3 Å². The van der Waals surface area contributed by atoms with Gasteiger partial charge < -0.3 is 14.9 Å². The SMILES string of the molecule is CN(C)CC12CN(C(=O)C3CCC3)CC1CN(S(=O)(=O)Cc1ccc(F)cc1)C2.O=CO. The van der Waals surface area contributed by atoms with Crippen LogP contribution in [0.25, 0.3) is 0 Å². The molecule has 1 amide bonds. The normalized spacial score (nSPS) is 25.8. The topological polar surface area (TPSA) is 98.2 Å². The highest BCUT2D eigenvalue weighted by atomic mass is 32.2. The van der Waals surface area contributed by atoms with Gasteiger partial charge in [0, 0.05) is 50.0 Å². The number of rotatable bonds is 6. The van der Waals surface area contributed by atoms with Gasteiger partial charge in [-0.15, -0.1) is 0 Å². The standard InChI is InChI=1S/C21H30FN3O3S.CH2O2/c1-23(2)13-21-14-24(20(26)17-4-3-5-17)10-18(21)11-25(15-21)29(27,28)12-16-6-8-19(22)9-7-16;2-1-3/h6-9,17-18H,3-5,10-15H2,1-2H3;1H,(H,2,3). The number of hydrogen-bond donors (Lipinski definition) is 1. The summed E-state index contributed by atoms with van der Waals surface area (Å²) in [5.41, 5.74) is 0.366. The highest BCUT2D eigenvalue weighted by Crippen LogP contribution is 2.45. The second kappa shape index (κ2) is 9.84. The third-order valence-electron chi connectivity index (χ3n) is 6.78. The highest BCUT2D eigenvalue weighted by Gasteiger charge is 2.56. The summed E-state index contributed by atoms with van der Waals surface area (Å²) in [4.78, 5) is 25.2. The van der Waals surface area contributed by atoms with Crippen LogP contribution in [0.1, 0.15) is 24.8 Å². The van der Waals surface area contributed by atoms with Gasteiger partial charge in [0.05, 0.1) is 5.75 Å². The minimum Gasteiger partial charge on any atom is -0.483 e. The van der Waals surface area contributed by atoms with Crippen molar-refractivity contribution in [2.24, 2.45) is 17.3 Å². The quantitative estimate of drug-likeness (QED) is 0.634. The van der Waals surface area contributed by atoms with Gasteiger partial charge in [-0.1, -0.05) is 18.6 Å². The fraction of sp³-hybridized carbons (Fsp3) is 0.636. The molecule has 0 spiro atoms. The molecule has 1 aromatic carbocycles. The van der Waals surface area contributed by atoms with Crippen LogP contribution in [0.2, 0.25) is 0 Å². The van der Waals surface area contributed by atoms with Crippen LogP contribution < -0.4 is 0 Å². The van der Waals surface area contributed by atoms with E-state index in [0.717, 1.165) is 25.8 Å². The fourth-order valence-corrected chi connectivity index (χ4v) is 6.82. The number of carbonyl (C=O) groups excluding carboxylic acids is 1. The maximum Gasteiger partial charge on any atom is 0.290 e. The number of carboxylic acid groups (broad SMARTS) is 1. The zero-order chi connectivity index (χ0) is 23.5. The lowest BCUT2D eigenvalue weighted by molar-refractivity contribution is -0.137. The van der Waals surface area contributed by atoms with Crippen molar-refractivity contribution in [3.8, 4) is 0 Å². The molecule has 1 aliphatic carbocycles. The second-order valence-electron chi connectivity index (χ2n) is 9.42. The van der Waals surface area contributed by atoms with Crippen molar-refractivity contribution in [1.82, 2.24) is 14.1 Å². The van der Waals surface area contributed by atoms with E-state index in [-0.39, 0.29) is 41.2 Å². The Balaban J connectivity index is 0.000000913. The summed E-state index contributed by atoms with van der Waals surface area (Å²) in [6.07, 6.45) is 3.10. The molecule has 3 aliphatic rings. The van der Waals surface area contributed by atoms with E-state index in [0.29, 0.717) is 31.7 Å². The molecule has 2 atom stereocenters. The highest BCUT2D eigenvalue weighted by molar-refractivity contribution is 7.88. The monoisotopic (exact) mass is 469 g/mol. The van der Waals surface area contributed by atoms with Gasteiger partial charge in [0.2, 0.25) is 15.9 Å². The smallest absolute Gasteiger partial charge is 0.290 e. The Morgan fingerprint density at radius 1 is 1.22 bits per heavy atom. The molecule has 8 nitrogen and oxygen atoms in total. The van der Waals surface area contributed by atoms with E-state index in [1.807, 2.05) is 19.0 Å². The zero-order valence-electron chi connectivity index (χ0n) is 18.6. The Bertz CT molecular complexity index is 920. The summed E-state index contributed by atoms with van der Waals surface area (Å²) in [6.45, 7) is 2.67. The summed E-state index contributed by atoms with van der Waals surface area (Å²) >= 11 is 0. The lowest BCUT2D eigenvalue weighted by Gasteiger charge is -2.34. The first-order valence-corrected chi connectivity index (χ1v) is 12.4. The summed E-state index contributed by atoms with van der Waals surface area (Å²) in [5, 5.41) is 6.89. The number of hydrogen-bond acceptors (Lipinski definition) is 5. The maximum atomic E-state index is 13.1. The molecule has 0 aromatic heterocycles. The Labute approximate surface area is 189 Å². The Morgan fingerprint density at radius 3 is 2.38 bits per heavy atom. The van der Waals surface area contributed by atoms with Gasteiger partial charge in [0.25, 0.3) is 6.47 Å². The number of carbonyl (C=O) groups is 2. The summed E-state index contributed by atoms with van der Waals surface area (Å²) in [5.74, 6) is 0.0796. The Kier molecular flexibility index (Phi) is 7.57. The third-order valence-corrected chi connectivity index (χ3v) is 8.54. The summed E-state index contributed by atoms with van der Waals surface area (Å²) < 4.78 is 40.9. The Morgan fingerprint density at radius 2 is 1.84 bits per heavy atom. The van der Waals surface area contributed by atoms with Gasteiger partial charge in [-0.25, -0.2) is 17.1 Å². The average Bonchev–Trinajstić information content (AvgIpc) is 3.16. The molecule has 2 aliphatic heterocycles. The summed E-state index contributed by atoms with van der Waals surface area (Å²) in [6, 6.07) is 5.64. The zero-order valence-corrected chi connectivity index (χ0v) is 19.4. The number of amides is 1. The van der Waals surface area contributed by atoms with Crippen LogP contribution in [0.5, 0.6) is 0 Å². The lowest BCUT2D eigenvalue weighted by Crippen LogP contribution is -2.45. The molecule has 0 bridgehead atoms. The van der Waals surface area contributed by atoms with Crippen molar-refractivity contribution in [1.29, 1.82) is 0 Å². The van der Waals surface area contributed by atoms with Gasteiger partial charge in [-0.2, -0.15) is 0 Å². The molecular weight excluding hydrogens is 437 g/mol. The van der Waals surface area contributed by atoms with Gasteiger partial charge in [-0.3, -0.25) is 9.59 Å². The van der Waals surface area contributed by atoms with Crippen molar-refractivity contribution in [3.05, 3.63) is 35.6 Å². The Hall–Kier alpha value is -2.04. The molecule has 32 heavy (non-hydrogen) atoms. The van der Waals surface area contributed by atoms with E-state index in [2.05, 4.69) is 4.90 Å². The average molecular weight is 470 g/mol. The molecule has 0 radical (unpaired) electrons. The first-order valence-electron chi connectivity index (χ1n) is 10.8. The van der Waals surface area contributed by atoms with E-state index < -0.39 is 10.0 Å². The predicted molar refractivity (Wildman–Crippen MR) is 118 cm³/mol. The van der Waals surface area contributed by atoms with Gasteiger partial charge in [0.1, 0.15) is 5.82 Å². The number of nitrogens with zero attached hydrogens (tertiary/aromatic N) is 3. The summed E-state index contributed by atoms with van der Waals surface area (Å²) in [7, 11) is 0.495. The first-order chi connectivity index (χ1) is 15.1. The number of halogens is 1. The minimum absolute atomic E-state index is 0.122. The van der Waals surface area contributed by atoms with Crippen molar-refractivity contribution in [3.63, 3.8) is 0 Å². The van der Waals surface area contributed by atoms with Crippen LogP contribution in [0.4, 0.5) is 4.39 Å². The molecule has 1 N–H and O–H groups in total. The van der Waals surface area contributed by atoms with E-state index in [1.54, 1.807) is 4.31 Å². The number of sulfonamides is 1. The van der Waals surface area contributed by atoms with Gasteiger partial charge in [0.15, 0.2) is 0 Å². The van der Waals surface area contributed by atoms with Crippen molar-refractivity contribution in [2.45, 2.75) is 25.0 Å². The van der Waals surface area contributed by atoms with Gasteiger partial charge >= 0.3 is 0 Å². The molecule has 2 saturated heterocycles. The van der Waals surface area contributed by atoms with Crippen LogP contribution in [0, 0.1) is 23.1 Å². The maximum absolute atomic E-state index is 13.1.